The molecule has 1 heterocycles. The van der Waals surface area contributed by atoms with Crippen LogP contribution in [0.25, 0.3) is 10.8 Å². The number of carbonyl (C=O) groups is 1. The molecule has 0 fully saturated rings. The molecule has 1 aromatic heterocycles. The summed E-state index contributed by atoms with van der Waals surface area (Å²) < 4.78 is 0.996. The Balaban J connectivity index is 1.88. The van der Waals surface area contributed by atoms with Gasteiger partial charge in [0.05, 0.1) is 10.8 Å². The molecule has 0 saturated heterocycles. The molecule has 1 amide bonds. The summed E-state index contributed by atoms with van der Waals surface area (Å²) in [6.07, 6.45) is 0. The van der Waals surface area contributed by atoms with Crippen LogP contribution >= 0.6 is 11.6 Å². The molecule has 0 bridgehead atoms. The average Bonchev–Trinajstić information content (AvgIpc) is 2.54. The fraction of sp³-hybridized carbons (Fsp3) is 0.0625. The number of H-pyrrole nitrogens is 1. The van der Waals surface area contributed by atoms with Crippen LogP contribution in [-0.2, 0) is 11.3 Å². The van der Waals surface area contributed by atoms with E-state index < -0.39 is 17.0 Å². The van der Waals surface area contributed by atoms with Crippen LogP contribution in [0.15, 0.2) is 58.1 Å². The number of fused-ring (bicyclic) bond motifs is 1. The monoisotopic (exact) mass is 329 g/mol. The molecular formula is C16H12ClN3O3. The number of rotatable bonds is 3. The van der Waals surface area contributed by atoms with Crippen molar-refractivity contribution in [2.24, 2.45) is 0 Å². The summed E-state index contributed by atoms with van der Waals surface area (Å²) in [5.74, 6) is -0.430. The molecule has 3 aromatic rings. The normalized spacial score (nSPS) is 10.7. The maximum atomic E-state index is 12.3. The predicted octanol–water partition coefficient (Wildman–Crippen LogP) is 1.98. The van der Waals surface area contributed by atoms with Crippen LogP contribution in [0.4, 0.5) is 5.69 Å². The minimum atomic E-state index is -0.430. The fourth-order valence-electron chi connectivity index (χ4n) is 2.24. The van der Waals surface area contributed by atoms with E-state index in [1.165, 1.54) is 0 Å². The van der Waals surface area contributed by atoms with Gasteiger partial charge in [0.15, 0.2) is 0 Å². The Morgan fingerprint density at radius 3 is 2.39 bits per heavy atom. The Morgan fingerprint density at radius 1 is 1.04 bits per heavy atom. The highest BCUT2D eigenvalue weighted by atomic mass is 35.5. The maximum absolute atomic E-state index is 12.3. The van der Waals surface area contributed by atoms with Crippen LogP contribution in [0.3, 0.4) is 0 Å². The smallest absolute Gasteiger partial charge is 0.273 e. The number of benzene rings is 2. The zero-order valence-electron chi connectivity index (χ0n) is 11.9. The largest absolute Gasteiger partial charge is 0.324 e. The molecule has 7 heteroatoms. The zero-order chi connectivity index (χ0) is 16.4. The van der Waals surface area contributed by atoms with Crippen molar-refractivity contribution in [3.05, 3.63) is 74.3 Å². The number of aromatic amines is 1. The summed E-state index contributed by atoms with van der Waals surface area (Å²) in [6.45, 7) is -0.290. The van der Waals surface area contributed by atoms with Crippen molar-refractivity contribution in [3.8, 4) is 0 Å². The van der Waals surface area contributed by atoms with E-state index in [9.17, 15) is 14.4 Å². The van der Waals surface area contributed by atoms with Gasteiger partial charge in [-0.2, -0.15) is 0 Å². The average molecular weight is 330 g/mol. The van der Waals surface area contributed by atoms with Gasteiger partial charge in [-0.3, -0.25) is 19.5 Å². The Kier molecular flexibility index (Phi) is 3.99. The number of aromatic nitrogens is 2. The van der Waals surface area contributed by atoms with E-state index in [-0.39, 0.29) is 11.9 Å². The van der Waals surface area contributed by atoms with E-state index in [2.05, 4.69) is 10.4 Å². The third-order valence-electron chi connectivity index (χ3n) is 3.31. The van der Waals surface area contributed by atoms with Crippen LogP contribution < -0.4 is 16.4 Å². The second kappa shape index (κ2) is 6.10. The van der Waals surface area contributed by atoms with Gasteiger partial charge in [-0.15, -0.1) is 0 Å². The lowest BCUT2D eigenvalue weighted by Gasteiger charge is -2.08. The van der Waals surface area contributed by atoms with Crippen LogP contribution in [0.1, 0.15) is 0 Å². The van der Waals surface area contributed by atoms with Crippen LogP contribution in [-0.4, -0.2) is 15.7 Å². The molecule has 0 aliphatic heterocycles. The summed E-state index contributed by atoms with van der Waals surface area (Å²) in [5, 5.41) is 6.17. The molecule has 0 radical (unpaired) electrons. The summed E-state index contributed by atoms with van der Waals surface area (Å²) in [6, 6.07) is 13.0. The molecule has 3 rings (SSSR count). The molecule has 0 atom stereocenters. The Morgan fingerprint density at radius 2 is 1.70 bits per heavy atom. The van der Waals surface area contributed by atoms with E-state index in [4.69, 9.17) is 11.6 Å². The first kappa shape index (κ1) is 15.1. The summed E-state index contributed by atoms with van der Waals surface area (Å²) >= 11 is 5.77. The number of hydrogen-bond donors (Lipinski definition) is 2. The first-order valence-electron chi connectivity index (χ1n) is 6.82. The van der Waals surface area contributed by atoms with Gasteiger partial charge in [-0.25, -0.2) is 4.68 Å². The van der Waals surface area contributed by atoms with Crippen LogP contribution in [0.5, 0.6) is 0 Å². The standard InChI is InChI=1S/C16H12ClN3O3/c17-10-5-7-11(8-6-10)18-14(21)9-20-16(23)13-4-2-1-3-12(13)15(22)19-20/h1-8H,9H2,(H,18,21)(H,19,22). The maximum Gasteiger partial charge on any atom is 0.273 e. The summed E-state index contributed by atoms with van der Waals surface area (Å²) in [4.78, 5) is 36.3. The van der Waals surface area contributed by atoms with Crippen molar-refractivity contribution in [3.63, 3.8) is 0 Å². The second-order valence-corrected chi connectivity index (χ2v) is 5.37. The molecule has 0 aliphatic carbocycles. The van der Waals surface area contributed by atoms with Crippen molar-refractivity contribution in [2.45, 2.75) is 6.54 Å². The Labute approximate surface area is 135 Å². The number of amides is 1. The number of nitrogens with one attached hydrogen (secondary N) is 2. The lowest BCUT2D eigenvalue weighted by Crippen LogP contribution is -2.34. The molecule has 2 aromatic carbocycles. The molecule has 116 valence electrons. The zero-order valence-corrected chi connectivity index (χ0v) is 12.6. The van der Waals surface area contributed by atoms with Crippen molar-refractivity contribution < 1.29 is 4.79 Å². The van der Waals surface area contributed by atoms with E-state index in [1.54, 1.807) is 48.5 Å². The Hall–Kier alpha value is -2.86. The van der Waals surface area contributed by atoms with Gasteiger partial charge < -0.3 is 5.32 Å². The third kappa shape index (κ3) is 3.17. The molecule has 6 nitrogen and oxygen atoms in total. The fourth-order valence-corrected chi connectivity index (χ4v) is 2.36. The molecule has 23 heavy (non-hydrogen) atoms. The van der Waals surface area contributed by atoms with Gasteiger partial charge in [-0.05, 0) is 36.4 Å². The van der Waals surface area contributed by atoms with Gasteiger partial charge in [0.2, 0.25) is 5.91 Å². The lowest BCUT2D eigenvalue weighted by atomic mass is 10.2. The third-order valence-corrected chi connectivity index (χ3v) is 3.57. The van der Waals surface area contributed by atoms with Crippen molar-refractivity contribution in [2.75, 3.05) is 5.32 Å². The first-order chi connectivity index (χ1) is 11.0. The number of carbonyl (C=O) groups excluding carboxylic acids is 1. The van der Waals surface area contributed by atoms with Crippen molar-refractivity contribution >= 4 is 34.0 Å². The lowest BCUT2D eigenvalue weighted by molar-refractivity contribution is -0.117. The van der Waals surface area contributed by atoms with Gasteiger partial charge >= 0.3 is 0 Å². The minimum absolute atomic E-state index is 0.274. The number of halogens is 1. The van der Waals surface area contributed by atoms with Gasteiger partial charge in [0.1, 0.15) is 6.54 Å². The summed E-state index contributed by atoms with van der Waals surface area (Å²) in [5.41, 5.74) is -0.290. The van der Waals surface area contributed by atoms with Gasteiger partial charge in [0.25, 0.3) is 11.1 Å². The quantitative estimate of drug-likeness (QED) is 0.770. The van der Waals surface area contributed by atoms with Gasteiger partial charge in [-0.1, -0.05) is 23.7 Å². The van der Waals surface area contributed by atoms with Gasteiger partial charge in [0, 0.05) is 10.7 Å². The highest BCUT2D eigenvalue weighted by Crippen LogP contribution is 2.13. The van der Waals surface area contributed by atoms with Crippen LogP contribution in [0, 0.1) is 0 Å². The topological polar surface area (TPSA) is 84.0 Å². The van der Waals surface area contributed by atoms with Crippen LogP contribution in [0.2, 0.25) is 5.02 Å². The van der Waals surface area contributed by atoms with E-state index in [0.29, 0.717) is 16.1 Å². The highest BCUT2D eigenvalue weighted by Gasteiger charge is 2.10. The molecular weight excluding hydrogens is 318 g/mol. The molecule has 2 N–H and O–H groups in total. The highest BCUT2D eigenvalue weighted by molar-refractivity contribution is 6.30. The first-order valence-corrected chi connectivity index (χ1v) is 7.20. The SMILES string of the molecule is O=C(Cn1[nH]c(=O)c2ccccc2c1=O)Nc1ccc(Cl)cc1. The predicted molar refractivity (Wildman–Crippen MR) is 88.9 cm³/mol. The second-order valence-electron chi connectivity index (χ2n) is 4.93. The molecule has 0 saturated carbocycles. The van der Waals surface area contributed by atoms with E-state index >= 15 is 0 Å². The van der Waals surface area contributed by atoms with Crippen molar-refractivity contribution in [1.82, 2.24) is 9.78 Å². The minimum Gasteiger partial charge on any atom is -0.324 e. The molecule has 0 spiro atoms. The van der Waals surface area contributed by atoms with Crippen molar-refractivity contribution in [1.29, 1.82) is 0 Å². The number of hydrogen-bond acceptors (Lipinski definition) is 3. The Bertz CT molecular complexity index is 990. The number of nitrogens with zero attached hydrogens (tertiary/aromatic N) is 1. The molecule has 0 unspecified atom stereocenters. The number of anilines is 1. The van der Waals surface area contributed by atoms with E-state index in [1.807, 2.05) is 0 Å². The molecule has 0 aliphatic rings. The van der Waals surface area contributed by atoms with E-state index in [0.717, 1.165) is 4.68 Å². The summed E-state index contributed by atoms with van der Waals surface area (Å²) in [7, 11) is 0.